The molecule has 2 saturated heterocycles. The lowest BCUT2D eigenvalue weighted by Gasteiger charge is -2.30. The summed E-state index contributed by atoms with van der Waals surface area (Å²) in [5, 5.41) is 7.68. The first-order valence-electron chi connectivity index (χ1n) is 7.09. The van der Waals surface area contributed by atoms with Crippen molar-refractivity contribution in [2.75, 3.05) is 26.4 Å². The molecule has 20 heavy (non-hydrogen) atoms. The standard InChI is InChI=1S/C14H18N2O3S/c17-13-14(2-3-14)15-12(10-1-6-20-9-10)16(13)7-11-8-18-4-5-19-11/h1,6,9,11-12,15H,2-5,7-8H2. The van der Waals surface area contributed by atoms with Crippen molar-refractivity contribution in [2.45, 2.75) is 30.7 Å². The van der Waals surface area contributed by atoms with Gasteiger partial charge in [0.15, 0.2) is 0 Å². The van der Waals surface area contributed by atoms with Crippen LogP contribution in [0.25, 0.3) is 0 Å². The average molecular weight is 294 g/mol. The molecule has 5 nitrogen and oxygen atoms in total. The highest BCUT2D eigenvalue weighted by Crippen LogP contribution is 2.46. The van der Waals surface area contributed by atoms with Gasteiger partial charge in [-0.2, -0.15) is 11.3 Å². The minimum absolute atomic E-state index is 0.00969. The lowest BCUT2D eigenvalue weighted by atomic mass is 10.2. The van der Waals surface area contributed by atoms with Crippen LogP contribution in [0.5, 0.6) is 0 Å². The van der Waals surface area contributed by atoms with Gasteiger partial charge in [-0.1, -0.05) is 0 Å². The first-order valence-corrected chi connectivity index (χ1v) is 8.03. The maximum absolute atomic E-state index is 12.6. The largest absolute Gasteiger partial charge is 0.376 e. The predicted molar refractivity (Wildman–Crippen MR) is 74.4 cm³/mol. The molecule has 1 aromatic rings. The van der Waals surface area contributed by atoms with E-state index < -0.39 is 0 Å². The minimum atomic E-state index is -0.290. The molecular formula is C14H18N2O3S. The molecule has 1 saturated carbocycles. The molecule has 1 spiro atoms. The van der Waals surface area contributed by atoms with Crippen molar-refractivity contribution in [1.82, 2.24) is 10.2 Å². The van der Waals surface area contributed by atoms with Crippen molar-refractivity contribution in [2.24, 2.45) is 0 Å². The first kappa shape index (κ1) is 12.8. The van der Waals surface area contributed by atoms with Gasteiger partial charge in [-0.05, 0) is 35.2 Å². The van der Waals surface area contributed by atoms with Gasteiger partial charge < -0.3 is 14.4 Å². The summed E-state index contributed by atoms with van der Waals surface area (Å²) in [6.07, 6.45) is 1.88. The zero-order chi connectivity index (χ0) is 13.6. The van der Waals surface area contributed by atoms with Crippen LogP contribution in [0.15, 0.2) is 16.8 Å². The lowest BCUT2D eigenvalue weighted by molar-refractivity contribution is -0.137. The predicted octanol–water partition coefficient (Wildman–Crippen LogP) is 1.13. The summed E-state index contributed by atoms with van der Waals surface area (Å²) >= 11 is 1.66. The maximum atomic E-state index is 12.6. The number of carbonyl (C=O) groups excluding carboxylic acids is 1. The number of hydrogen-bond acceptors (Lipinski definition) is 5. The van der Waals surface area contributed by atoms with Crippen LogP contribution in [-0.4, -0.2) is 48.8 Å². The Bertz CT molecular complexity index is 495. The summed E-state index contributed by atoms with van der Waals surface area (Å²) in [4.78, 5) is 14.6. The van der Waals surface area contributed by atoms with E-state index in [2.05, 4.69) is 22.1 Å². The van der Waals surface area contributed by atoms with Crippen LogP contribution in [0, 0.1) is 0 Å². The number of nitrogens with zero attached hydrogens (tertiary/aromatic N) is 1. The Morgan fingerprint density at radius 3 is 3.00 bits per heavy atom. The minimum Gasteiger partial charge on any atom is -0.376 e. The van der Waals surface area contributed by atoms with E-state index >= 15 is 0 Å². The second-order valence-corrected chi connectivity index (χ2v) is 6.49. The van der Waals surface area contributed by atoms with Gasteiger partial charge in [-0.15, -0.1) is 0 Å². The van der Waals surface area contributed by atoms with Gasteiger partial charge in [0, 0.05) is 0 Å². The molecule has 108 valence electrons. The van der Waals surface area contributed by atoms with E-state index in [1.807, 2.05) is 4.90 Å². The van der Waals surface area contributed by atoms with Crippen LogP contribution < -0.4 is 5.32 Å². The van der Waals surface area contributed by atoms with E-state index in [4.69, 9.17) is 9.47 Å². The molecule has 3 aliphatic rings. The van der Waals surface area contributed by atoms with Gasteiger partial charge >= 0.3 is 0 Å². The zero-order valence-corrected chi connectivity index (χ0v) is 12.0. The number of thiophene rings is 1. The summed E-state index contributed by atoms with van der Waals surface area (Å²) in [7, 11) is 0. The first-order chi connectivity index (χ1) is 9.78. The quantitative estimate of drug-likeness (QED) is 0.908. The van der Waals surface area contributed by atoms with E-state index in [9.17, 15) is 4.79 Å². The summed E-state index contributed by atoms with van der Waals surface area (Å²) in [6, 6.07) is 2.09. The molecule has 3 fully saturated rings. The topological polar surface area (TPSA) is 50.8 Å². The third-order valence-corrected chi connectivity index (χ3v) is 4.99. The lowest BCUT2D eigenvalue weighted by Crippen LogP contribution is -2.42. The molecule has 4 rings (SSSR count). The van der Waals surface area contributed by atoms with Crippen molar-refractivity contribution in [3.8, 4) is 0 Å². The summed E-state index contributed by atoms with van der Waals surface area (Å²) in [6.45, 7) is 2.45. The van der Waals surface area contributed by atoms with Crippen LogP contribution in [0.1, 0.15) is 24.6 Å². The second-order valence-electron chi connectivity index (χ2n) is 5.71. The summed E-state index contributed by atoms with van der Waals surface area (Å²) < 4.78 is 11.1. The second kappa shape index (κ2) is 4.80. The van der Waals surface area contributed by atoms with Crippen LogP contribution >= 0.6 is 11.3 Å². The Morgan fingerprint density at radius 2 is 2.35 bits per heavy atom. The molecule has 1 amide bonds. The molecule has 2 unspecified atom stereocenters. The van der Waals surface area contributed by atoms with Crippen molar-refractivity contribution in [3.05, 3.63) is 22.4 Å². The van der Waals surface area contributed by atoms with Crippen molar-refractivity contribution < 1.29 is 14.3 Å². The third-order valence-electron chi connectivity index (χ3n) is 4.29. The normalized spacial score (nSPS) is 32.0. The van der Waals surface area contributed by atoms with Gasteiger partial charge in [0.05, 0.1) is 32.5 Å². The Morgan fingerprint density at radius 1 is 1.45 bits per heavy atom. The highest BCUT2D eigenvalue weighted by atomic mass is 32.1. The fraction of sp³-hybridized carbons (Fsp3) is 0.643. The fourth-order valence-corrected chi connectivity index (χ4v) is 3.70. The molecule has 0 bridgehead atoms. The molecule has 1 aromatic heterocycles. The van der Waals surface area contributed by atoms with Gasteiger partial charge in [0.25, 0.3) is 0 Å². The number of rotatable bonds is 3. The van der Waals surface area contributed by atoms with Crippen LogP contribution in [0.3, 0.4) is 0 Å². The third kappa shape index (κ3) is 2.07. The number of ether oxygens (including phenoxy) is 2. The maximum Gasteiger partial charge on any atom is 0.244 e. The summed E-state index contributed by atoms with van der Waals surface area (Å²) in [5.74, 6) is 0.225. The smallest absolute Gasteiger partial charge is 0.244 e. The van der Waals surface area contributed by atoms with Gasteiger partial charge in [0.2, 0.25) is 5.91 Å². The van der Waals surface area contributed by atoms with E-state index in [-0.39, 0.29) is 23.7 Å². The van der Waals surface area contributed by atoms with Crippen LogP contribution in [0.4, 0.5) is 0 Å². The highest BCUT2D eigenvalue weighted by Gasteiger charge is 2.59. The number of amides is 1. The van der Waals surface area contributed by atoms with Gasteiger partial charge in [-0.25, -0.2) is 0 Å². The highest BCUT2D eigenvalue weighted by molar-refractivity contribution is 7.07. The summed E-state index contributed by atoms with van der Waals surface area (Å²) in [5.41, 5.74) is 0.881. The number of carbonyl (C=O) groups is 1. The molecule has 0 aromatic carbocycles. The molecule has 1 N–H and O–H groups in total. The Kier molecular flexibility index (Phi) is 3.07. The van der Waals surface area contributed by atoms with E-state index in [0.29, 0.717) is 26.4 Å². The number of hydrogen-bond donors (Lipinski definition) is 1. The van der Waals surface area contributed by atoms with Gasteiger partial charge in [-0.3, -0.25) is 10.1 Å². The Labute approximate surface area is 121 Å². The molecule has 2 atom stereocenters. The van der Waals surface area contributed by atoms with E-state index in [1.165, 1.54) is 5.56 Å². The van der Waals surface area contributed by atoms with E-state index in [1.54, 1.807) is 11.3 Å². The van der Waals surface area contributed by atoms with Crippen molar-refractivity contribution >= 4 is 17.2 Å². The Hall–Kier alpha value is -0.950. The molecular weight excluding hydrogens is 276 g/mol. The van der Waals surface area contributed by atoms with Gasteiger partial charge in [0.1, 0.15) is 11.7 Å². The monoisotopic (exact) mass is 294 g/mol. The molecule has 6 heteroatoms. The Balaban J connectivity index is 1.55. The van der Waals surface area contributed by atoms with Crippen LogP contribution in [-0.2, 0) is 14.3 Å². The average Bonchev–Trinajstić information content (AvgIpc) is 2.96. The SMILES string of the molecule is O=C1N(CC2COCCO2)C(c2ccsc2)NC12CC2. The molecule has 3 heterocycles. The van der Waals surface area contributed by atoms with Crippen molar-refractivity contribution in [1.29, 1.82) is 0 Å². The fourth-order valence-electron chi connectivity index (χ4n) is 3.02. The molecule has 0 radical (unpaired) electrons. The molecule has 1 aliphatic carbocycles. The van der Waals surface area contributed by atoms with E-state index in [0.717, 1.165) is 12.8 Å². The zero-order valence-electron chi connectivity index (χ0n) is 11.2. The van der Waals surface area contributed by atoms with Crippen LogP contribution in [0.2, 0.25) is 0 Å². The molecule has 2 aliphatic heterocycles. The van der Waals surface area contributed by atoms with Crippen molar-refractivity contribution in [3.63, 3.8) is 0 Å². The number of nitrogens with one attached hydrogen (secondary N) is 1.